The van der Waals surface area contributed by atoms with Gasteiger partial charge in [0.15, 0.2) is 0 Å². The smallest absolute Gasteiger partial charge is 0.245 e. The summed E-state index contributed by atoms with van der Waals surface area (Å²) in [5.74, 6) is 0.952. The Labute approximate surface area is 155 Å². The number of anilines is 1. The maximum Gasteiger partial charge on any atom is 0.245 e. The Morgan fingerprint density at radius 2 is 2.12 bits per heavy atom. The van der Waals surface area contributed by atoms with E-state index < -0.39 is 10.0 Å². The zero-order chi connectivity index (χ0) is 18.1. The molecule has 0 bridgehead atoms. The number of rotatable bonds is 6. The number of hydrogen-bond acceptors (Lipinski definition) is 7. The van der Waals surface area contributed by atoms with Crippen LogP contribution in [0.25, 0.3) is 11.4 Å². The number of para-hydroxylation sites is 1. The Bertz CT molecular complexity index is 993. The maximum absolute atomic E-state index is 12.9. The molecular weight excluding hydrogens is 372 g/mol. The normalized spacial score (nSPS) is 15.7. The lowest BCUT2D eigenvalue weighted by molar-refractivity contribution is 0.217. The molecule has 1 aliphatic heterocycles. The molecule has 0 radical (unpaired) electrons. The molecule has 4 rings (SSSR count). The zero-order valence-corrected chi connectivity index (χ0v) is 15.8. The molecule has 0 spiro atoms. The molecule has 0 amide bonds. The molecule has 136 valence electrons. The Balaban J connectivity index is 1.49. The summed E-state index contributed by atoms with van der Waals surface area (Å²) in [7, 11) is -3.55. The van der Waals surface area contributed by atoms with Gasteiger partial charge < -0.3 is 9.84 Å². The van der Waals surface area contributed by atoms with Crippen molar-refractivity contribution in [1.82, 2.24) is 14.4 Å². The predicted molar refractivity (Wildman–Crippen MR) is 99.7 cm³/mol. The van der Waals surface area contributed by atoms with E-state index in [2.05, 4.69) is 15.5 Å². The van der Waals surface area contributed by atoms with Gasteiger partial charge in [-0.2, -0.15) is 20.6 Å². The average molecular weight is 390 g/mol. The second-order valence-corrected chi connectivity index (χ2v) is 8.70. The molecule has 0 atom stereocenters. The van der Waals surface area contributed by atoms with Gasteiger partial charge >= 0.3 is 0 Å². The van der Waals surface area contributed by atoms with Crippen molar-refractivity contribution in [1.29, 1.82) is 0 Å². The second kappa shape index (κ2) is 6.82. The van der Waals surface area contributed by atoms with E-state index in [-0.39, 0.29) is 5.92 Å². The number of benzene rings is 1. The molecular formula is C17H18N4O3S2. The molecule has 1 N–H and O–H groups in total. The van der Waals surface area contributed by atoms with E-state index in [1.165, 1.54) is 4.31 Å². The van der Waals surface area contributed by atoms with E-state index in [0.717, 1.165) is 5.56 Å². The second-order valence-electron chi connectivity index (χ2n) is 6.01. The Hall–Kier alpha value is -2.23. The fraction of sp³-hybridized carbons (Fsp3) is 0.294. The van der Waals surface area contributed by atoms with Crippen molar-refractivity contribution in [3.63, 3.8) is 0 Å². The minimum Gasteiger partial charge on any atom is -0.384 e. The highest BCUT2D eigenvalue weighted by Gasteiger charge is 2.41. The van der Waals surface area contributed by atoms with Crippen molar-refractivity contribution in [3.8, 4) is 11.4 Å². The van der Waals surface area contributed by atoms with Gasteiger partial charge in [0.05, 0.1) is 11.6 Å². The van der Waals surface area contributed by atoms with Crippen molar-refractivity contribution in [2.75, 3.05) is 25.0 Å². The molecule has 7 nitrogen and oxygen atoms in total. The van der Waals surface area contributed by atoms with Crippen LogP contribution in [0.5, 0.6) is 0 Å². The van der Waals surface area contributed by atoms with Gasteiger partial charge in [-0.05, 0) is 30.5 Å². The van der Waals surface area contributed by atoms with E-state index in [1.807, 2.05) is 29.8 Å². The van der Waals surface area contributed by atoms with Crippen LogP contribution in [0.3, 0.4) is 0 Å². The molecule has 1 saturated heterocycles. The van der Waals surface area contributed by atoms with E-state index in [9.17, 15) is 8.42 Å². The number of nitrogens with one attached hydrogen (secondary N) is 1. The van der Waals surface area contributed by atoms with Crippen LogP contribution in [-0.2, 0) is 10.0 Å². The van der Waals surface area contributed by atoms with Crippen molar-refractivity contribution >= 4 is 27.0 Å². The van der Waals surface area contributed by atoms with E-state index in [4.69, 9.17) is 4.52 Å². The summed E-state index contributed by atoms with van der Waals surface area (Å²) in [6.45, 7) is 3.27. The van der Waals surface area contributed by atoms with E-state index in [1.54, 1.807) is 29.5 Å². The summed E-state index contributed by atoms with van der Waals surface area (Å²) >= 11 is 1.56. The molecule has 0 saturated carbocycles. The highest BCUT2D eigenvalue weighted by atomic mass is 32.2. The van der Waals surface area contributed by atoms with Gasteiger partial charge in [0.2, 0.25) is 21.7 Å². The number of nitrogens with zero attached hydrogens (tertiary/aromatic N) is 3. The third-order valence-electron chi connectivity index (χ3n) is 4.29. The summed E-state index contributed by atoms with van der Waals surface area (Å²) in [6, 6.07) is 8.88. The van der Waals surface area contributed by atoms with Crippen molar-refractivity contribution in [3.05, 3.63) is 47.0 Å². The summed E-state index contributed by atoms with van der Waals surface area (Å²) in [6.07, 6.45) is 0. The summed E-state index contributed by atoms with van der Waals surface area (Å²) in [5.41, 5.74) is 1.53. The summed E-state index contributed by atoms with van der Waals surface area (Å²) in [5, 5.41) is 11.0. The predicted octanol–water partition coefficient (Wildman–Crippen LogP) is 3.02. The third kappa shape index (κ3) is 3.02. The minimum absolute atomic E-state index is 0.0732. The molecule has 0 aliphatic carbocycles. The largest absolute Gasteiger partial charge is 0.384 e. The lowest BCUT2D eigenvalue weighted by Crippen LogP contribution is -2.48. The van der Waals surface area contributed by atoms with E-state index >= 15 is 0 Å². The van der Waals surface area contributed by atoms with Crippen LogP contribution in [0.1, 0.15) is 18.7 Å². The lowest BCUT2D eigenvalue weighted by Gasteiger charge is -2.36. The number of aromatic nitrogens is 2. The molecule has 1 aromatic carbocycles. The SMILES string of the molecule is CCNc1ccccc1S(=O)(=O)N1CC(c2nc(-c3ccsc3)no2)C1. The van der Waals surface area contributed by atoms with Crippen LogP contribution in [0, 0.1) is 0 Å². The first-order valence-electron chi connectivity index (χ1n) is 8.29. The molecule has 9 heteroatoms. The summed E-state index contributed by atoms with van der Waals surface area (Å²) in [4.78, 5) is 4.70. The molecule has 3 heterocycles. The van der Waals surface area contributed by atoms with Gasteiger partial charge in [-0.25, -0.2) is 8.42 Å². The van der Waals surface area contributed by atoms with Crippen LogP contribution >= 0.6 is 11.3 Å². The fourth-order valence-electron chi connectivity index (χ4n) is 2.87. The topological polar surface area (TPSA) is 88.3 Å². The molecule has 0 unspecified atom stereocenters. The third-order valence-corrected chi connectivity index (χ3v) is 6.86. The summed E-state index contributed by atoms with van der Waals surface area (Å²) < 4.78 is 32.6. The number of hydrogen-bond donors (Lipinski definition) is 1. The quantitative estimate of drug-likeness (QED) is 0.696. The van der Waals surface area contributed by atoms with Crippen LogP contribution in [0.15, 0.2) is 50.5 Å². The van der Waals surface area contributed by atoms with Crippen molar-refractivity contribution in [2.45, 2.75) is 17.7 Å². The van der Waals surface area contributed by atoms with Gasteiger partial charge in [-0.1, -0.05) is 17.3 Å². The van der Waals surface area contributed by atoms with Gasteiger partial charge in [0.25, 0.3) is 0 Å². The van der Waals surface area contributed by atoms with Crippen molar-refractivity contribution in [2.24, 2.45) is 0 Å². The zero-order valence-electron chi connectivity index (χ0n) is 14.1. The van der Waals surface area contributed by atoms with E-state index in [0.29, 0.717) is 41.9 Å². The highest BCUT2D eigenvalue weighted by molar-refractivity contribution is 7.89. The Morgan fingerprint density at radius 1 is 1.31 bits per heavy atom. The van der Waals surface area contributed by atoms with Crippen LogP contribution < -0.4 is 5.32 Å². The monoisotopic (exact) mass is 390 g/mol. The Morgan fingerprint density at radius 3 is 2.85 bits per heavy atom. The highest BCUT2D eigenvalue weighted by Crippen LogP contribution is 2.34. The molecule has 26 heavy (non-hydrogen) atoms. The maximum atomic E-state index is 12.9. The molecule has 3 aromatic rings. The first kappa shape index (κ1) is 17.2. The van der Waals surface area contributed by atoms with Crippen LogP contribution in [0.4, 0.5) is 5.69 Å². The van der Waals surface area contributed by atoms with Gasteiger partial charge in [0, 0.05) is 30.6 Å². The van der Waals surface area contributed by atoms with Crippen molar-refractivity contribution < 1.29 is 12.9 Å². The number of sulfonamides is 1. The van der Waals surface area contributed by atoms with Gasteiger partial charge in [-0.3, -0.25) is 0 Å². The molecule has 1 fully saturated rings. The minimum atomic E-state index is -3.55. The Kier molecular flexibility index (Phi) is 4.51. The lowest BCUT2D eigenvalue weighted by atomic mass is 10.0. The average Bonchev–Trinajstić information content (AvgIpc) is 3.25. The van der Waals surface area contributed by atoms with Gasteiger partial charge in [-0.15, -0.1) is 0 Å². The van der Waals surface area contributed by atoms with Crippen LogP contribution in [0.2, 0.25) is 0 Å². The molecule has 2 aromatic heterocycles. The first-order valence-corrected chi connectivity index (χ1v) is 10.7. The van der Waals surface area contributed by atoms with Crippen LogP contribution in [-0.4, -0.2) is 42.5 Å². The standard InChI is InChI=1S/C17H18N4O3S2/c1-2-18-14-5-3-4-6-15(14)26(22,23)21-9-13(10-21)17-19-16(20-24-17)12-7-8-25-11-12/h3-8,11,13,18H,2,9-10H2,1H3. The number of thiophene rings is 1. The van der Waals surface area contributed by atoms with Gasteiger partial charge in [0.1, 0.15) is 4.90 Å². The fourth-order valence-corrected chi connectivity index (χ4v) is 5.20. The molecule has 1 aliphatic rings. The first-order chi connectivity index (χ1) is 12.6.